The van der Waals surface area contributed by atoms with Crippen LogP contribution >= 0.6 is 0 Å². The van der Waals surface area contributed by atoms with E-state index in [1.807, 2.05) is 43.3 Å². The molecular weight excluding hydrogens is 312 g/mol. The van der Waals surface area contributed by atoms with Gasteiger partial charge in [0, 0.05) is 5.69 Å². The summed E-state index contributed by atoms with van der Waals surface area (Å²) >= 11 is 0. The van der Waals surface area contributed by atoms with Crippen molar-refractivity contribution in [2.45, 2.75) is 38.0 Å². The van der Waals surface area contributed by atoms with Crippen molar-refractivity contribution in [3.63, 3.8) is 0 Å². The highest BCUT2D eigenvalue weighted by atomic mass is 16.5. The number of anilines is 1. The van der Waals surface area contributed by atoms with Crippen LogP contribution in [-0.4, -0.2) is 13.0 Å². The van der Waals surface area contributed by atoms with Crippen LogP contribution in [0.3, 0.4) is 0 Å². The first-order chi connectivity index (χ1) is 12.1. The van der Waals surface area contributed by atoms with E-state index in [1.165, 1.54) is 0 Å². The minimum atomic E-state index is -0.359. The maximum Gasteiger partial charge on any atom is 0.259 e. The standard InChI is InChI=1S/C21H22N2O2/c1-15-6-5-7-18(19(15)25-2)20(24)23-17-10-8-16(9-11-17)21(14-22)12-3-4-13-21/h5-11H,3-4,12-13H2,1-2H3,(H,23,24). The second-order valence-electron chi connectivity index (χ2n) is 6.59. The van der Waals surface area contributed by atoms with E-state index in [0.717, 1.165) is 36.8 Å². The van der Waals surface area contributed by atoms with E-state index in [9.17, 15) is 10.1 Å². The Morgan fingerprint density at radius 2 is 1.84 bits per heavy atom. The molecule has 1 saturated carbocycles. The zero-order chi connectivity index (χ0) is 17.9. The average molecular weight is 334 g/mol. The van der Waals surface area contributed by atoms with Gasteiger partial charge in [0.1, 0.15) is 5.75 Å². The normalized spacial score (nSPS) is 15.4. The predicted molar refractivity (Wildman–Crippen MR) is 97.9 cm³/mol. The molecule has 0 aromatic heterocycles. The van der Waals surface area contributed by atoms with E-state index in [-0.39, 0.29) is 11.3 Å². The summed E-state index contributed by atoms with van der Waals surface area (Å²) in [5.74, 6) is 0.384. The van der Waals surface area contributed by atoms with Gasteiger partial charge in [0.15, 0.2) is 0 Å². The number of carbonyl (C=O) groups is 1. The van der Waals surface area contributed by atoms with Crippen molar-refractivity contribution in [2.75, 3.05) is 12.4 Å². The van der Waals surface area contributed by atoms with Crippen molar-refractivity contribution in [2.24, 2.45) is 0 Å². The van der Waals surface area contributed by atoms with Crippen LogP contribution in [0.2, 0.25) is 0 Å². The largest absolute Gasteiger partial charge is 0.496 e. The van der Waals surface area contributed by atoms with Gasteiger partial charge in [-0.2, -0.15) is 5.26 Å². The van der Waals surface area contributed by atoms with Crippen LogP contribution in [0, 0.1) is 18.3 Å². The topological polar surface area (TPSA) is 62.1 Å². The van der Waals surface area contributed by atoms with Gasteiger partial charge in [-0.3, -0.25) is 4.79 Å². The van der Waals surface area contributed by atoms with Gasteiger partial charge in [0.05, 0.1) is 24.2 Å². The number of nitriles is 1. The maximum atomic E-state index is 12.6. The van der Waals surface area contributed by atoms with Crippen LogP contribution in [0.4, 0.5) is 5.69 Å². The van der Waals surface area contributed by atoms with Crippen molar-refractivity contribution in [3.8, 4) is 11.8 Å². The molecule has 0 radical (unpaired) electrons. The molecule has 1 N–H and O–H groups in total. The third-order valence-corrected chi connectivity index (χ3v) is 5.03. The summed E-state index contributed by atoms with van der Waals surface area (Å²) in [6.07, 6.45) is 4.02. The van der Waals surface area contributed by atoms with Gasteiger partial charge in [-0.05, 0) is 49.1 Å². The van der Waals surface area contributed by atoms with Crippen LogP contribution in [0.5, 0.6) is 5.75 Å². The summed E-state index contributed by atoms with van der Waals surface area (Å²) in [4.78, 5) is 12.6. The molecule has 0 atom stereocenters. The molecule has 1 aliphatic rings. The molecule has 128 valence electrons. The second kappa shape index (κ2) is 6.98. The van der Waals surface area contributed by atoms with Gasteiger partial charge in [-0.25, -0.2) is 0 Å². The van der Waals surface area contributed by atoms with E-state index in [0.29, 0.717) is 17.0 Å². The number of rotatable bonds is 4. The molecule has 25 heavy (non-hydrogen) atoms. The fraction of sp³-hybridized carbons (Fsp3) is 0.333. The summed E-state index contributed by atoms with van der Waals surface area (Å²) in [7, 11) is 1.57. The van der Waals surface area contributed by atoms with Gasteiger partial charge in [-0.15, -0.1) is 0 Å². The molecule has 1 fully saturated rings. The average Bonchev–Trinajstić information content (AvgIpc) is 3.12. The Balaban J connectivity index is 1.79. The van der Waals surface area contributed by atoms with Crippen LogP contribution in [0.25, 0.3) is 0 Å². The molecule has 0 unspecified atom stereocenters. The van der Waals surface area contributed by atoms with Crippen molar-refractivity contribution in [3.05, 3.63) is 59.2 Å². The highest BCUT2D eigenvalue weighted by molar-refractivity contribution is 6.06. The van der Waals surface area contributed by atoms with Gasteiger partial charge < -0.3 is 10.1 Å². The zero-order valence-electron chi connectivity index (χ0n) is 14.6. The van der Waals surface area contributed by atoms with Crippen LogP contribution in [-0.2, 0) is 5.41 Å². The predicted octanol–water partition coefficient (Wildman–Crippen LogP) is 4.59. The number of nitrogens with zero attached hydrogens (tertiary/aromatic N) is 1. The fourth-order valence-electron chi connectivity index (χ4n) is 3.62. The van der Waals surface area contributed by atoms with Crippen LogP contribution in [0.15, 0.2) is 42.5 Å². The van der Waals surface area contributed by atoms with Crippen LogP contribution in [0.1, 0.15) is 47.2 Å². The molecule has 2 aromatic carbocycles. The highest BCUT2D eigenvalue weighted by Gasteiger charge is 2.35. The van der Waals surface area contributed by atoms with Gasteiger partial charge in [0.25, 0.3) is 5.91 Å². The minimum absolute atomic E-state index is 0.204. The third kappa shape index (κ3) is 3.23. The number of para-hydroxylation sites is 1. The summed E-state index contributed by atoms with van der Waals surface area (Å²) in [6.45, 7) is 1.91. The Bertz CT molecular complexity index is 813. The van der Waals surface area contributed by atoms with Crippen molar-refractivity contribution >= 4 is 11.6 Å². The molecule has 4 heteroatoms. The quantitative estimate of drug-likeness (QED) is 0.889. The molecule has 0 saturated heterocycles. The summed E-state index contributed by atoms with van der Waals surface area (Å²) in [6, 6.07) is 15.6. The lowest BCUT2D eigenvalue weighted by atomic mass is 9.80. The lowest BCUT2D eigenvalue weighted by molar-refractivity contribution is 0.102. The Morgan fingerprint density at radius 3 is 2.44 bits per heavy atom. The number of nitrogens with one attached hydrogen (secondary N) is 1. The van der Waals surface area contributed by atoms with Crippen molar-refractivity contribution in [1.29, 1.82) is 5.26 Å². The molecule has 0 spiro atoms. The van der Waals surface area contributed by atoms with Crippen LogP contribution < -0.4 is 10.1 Å². The SMILES string of the molecule is COc1c(C)cccc1C(=O)Nc1ccc(C2(C#N)CCCC2)cc1. The first-order valence-corrected chi connectivity index (χ1v) is 8.56. The summed E-state index contributed by atoms with van der Waals surface area (Å²) in [5.41, 5.74) is 2.82. The van der Waals surface area contributed by atoms with E-state index >= 15 is 0 Å². The van der Waals surface area contributed by atoms with E-state index in [4.69, 9.17) is 4.74 Å². The number of benzene rings is 2. The highest BCUT2D eigenvalue weighted by Crippen LogP contribution is 2.40. The summed E-state index contributed by atoms with van der Waals surface area (Å²) in [5, 5.41) is 12.5. The Morgan fingerprint density at radius 1 is 1.16 bits per heavy atom. The van der Waals surface area contributed by atoms with Gasteiger partial charge in [-0.1, -0.05) is 37.1 Å². The molecule has 4 nitrogen and oxygen atoms in total. The molecule has 1 aliphatic carbocycles. The second-order valence-corrected chi connectivity index (χ2v) is 6.59. The number of aryl methyl sites for hydroxylation is 1. The maximum absolute atomic E-state index is 12.6. The monoisotopic (exact) mass is 334 g/mol. The zero-order valence-corrected chi connectivity index (χ0v) is 14.6. The molecule has 0 bridgehead atoms. The first-order valence-electron chi connectivity index (χ1n) is 8.56. The van der Waals surface area contributed by atoms with Crippen molar-refractivity contribution in [1.82, 2.24) is 0 Å². The molecule has 2 aromatic rings. The van der Waals surface area contributed by atoms with Crippen molar-refractivity contribution < 1.29 is 9.53 Å². The van der Waals surface area contributed by atoms with Gasteiger partial charge >= 0.3 is 0 Å². The Labute approximate surface area is 148 Å². The smallest absolute Gasteiger partial charge is 0.259 e. The minimum Gasteiger partial charge on any atom is -0.496 e. The van der Waals surface area contributed by atoms with E-state index < -0.39 is 0 Å². The van der Waals surface area contributed by atoms with Gasteiger partial charge in [0.2, 0.25) is 0 Å². The van der Waals surface area contributed by atoms with E-state index in [1.54, 1.807) is 13.2 Å². The Hall–Kier alpha value is -2.80. The molecule has 0 aliphatic heterocycles. The molecular formula is C21H22N2O2. The number of carbonyl (C=O) groups excluding carboxylic acids is 1. The number of hydrogen-bond acceptors (Lipinski definition) is 3. The number of amides is 1. The number of ether oxygens (including phenoxy) is 1. The fourth-order valence-corrected chi connectivity index (χ4v) is 3.62. The Kier molecular flexibility index (Phi) is 4.76. The lowest BCUT2D eigenvalue weighted by Crippen LogP contribution is -2.19. The third-order valence-electron chi connectivity index (χ3n) is 5.03. The number of methoxy groups -OCH3 is 1. The molecule has 1 amide bonds. The molecule has 3 rings (SSSR count). The molecule has 0 heterocycles. The first kappa shape index (κ1) is 17.0. The van der Waals surface area contributed by atoms with E-state index in [2.05, 4.69) is 11.4 Å². The lowest BCUT2D eigenvalue weighted by Gasteiger charge is -2.21. The summed E-state index contributed by atoms with van der Waals surface area (Å²) < 4.78 is 5.35. The number of hydrogen-bond donors (Lipinski definition) is 1.